The second-order valence-corrected chi connectivity index (χ2v) is 3.87. The van der Waals surface area contributed by atoms with E-state index in [0.29, 0.717) is 24.0 Å². The van der Waals surface area contributed by atoms with Gasteiger partial charge in [-0.25, -0.2) is 4.79 Å². The van der Waals surface area contributed by atoms with Crippen LogP contribution >= 0.6 is 0 Å². The monoisotopic (exact) mass is 245 g/mol. The molecule has 0 spiro atoms. The van der Waals surface area contributed by atoms with E-state index in [1.807, 2.05) is 0 Å². The largest absolute Gasteiger partial charge is 0.426 e. The molecule has 1 aromatic heterocycles. The van der Waals surface area contributed by atoms with E-state index in [0.717, 1.165) is 0 Å². The van der Waals surface area contributed by atoms with Gasteiger partial charge in [0.2, 0.25) is 5.91 Å². The van der Waals surface area contributed by atoms with Crippen molar-refractivity contribution in [3.8, 4) is 11.8 Å². The molecule has 0 aliphatic carbocycles. The summed E-state index contributed by atoms with van der Waals surface area (Å²) >= 11 is 0. The third kappa shape index (κ3) is 2.33. The van der Waals surface area contributed by atoms with E-state index in [2.05, 4.69) is 17.2 Å². The predicted molar refractivity (Wildman–Crippen MR) is 62.9 cm³/mol. The summed E-state index contributed by atoms with van der Waals surface area (Å²) in [7, 11) is 0. The first-order valence-electron chi connectivity index (χ1n) is 5.51. The van der Waals surface area contributed by atoms with E-state index < -0.39 is 17.4 Å². The highest BCUT2D eigenvalue weighted by Gasteiger charge is 2.27. The number of carbonyl (C=O) groups excluding carboxylic acids is 2. The quantitative estimate of drug-likeness (QED) is 0.604. The van der Waals surface area contributed by atoms with Crippen molar-refractivity contribution in [2.45, 2.75) is 26.2 Å². The Morgan fingerprint density at radius 2 is 2.17 bits per heavy atom. The van der Waals surface area contributed by atoms with E-state index in [-0.39, 0.29) is 12.2 Å². The fourth-order valence-electron chi connectivity index (χ4n) is 1.89. The minimum absolute atomic E-state index is 0.0798. The molecule has 0 unspecified atom stereocenters. The summed E-state index contributed by atoms with van der Waals surface area (Å²) in [6.45, 7) is 1.72. The van der Waals surface area contributed by atoms with Crippen LogP contribution in [0.5, 0.6) is 0 Å². The van der Waals surface area contributed by atoms with E-state index in [4.69, 9.17) is 4.42 Å². The molecule has 0 saturated carbocycles. The van der Waals surface area contributed by atoms with Gasteiger partial charge in [0, 0.05) is 12.5 Å². The number of imide groups is 1. The third-order valence-electron chi connectivity index (χ3n) is 2.61. The summed E-state index contributed by atoms with van der Waals surface area (Å²) in [6.07, 6.45) is 0.952. The molecule has 18 heavy (non-hydrogen) atoms. The maximum absolute atomic E-state index is 11.7. The summed E-state index contributed by atoms with van der Waals surface area (Å²) in [6, 6.07) is 1.28. The molecule has 0 bridgehead atoms. The predicted octanol–water partition coefficient (Wildman–Crippen LogP) is 0.408. The van der Waals surface area contributed by atoms with Crippen molar-refractivity contribution in [2.75, 3.05) is 0 Å². The molecule has 0 radical (unpaired) electrons. The van der Waals surface area contributed by atoms with Gasteiger partial charge < -0.3 is 4.42 Å². The Morgan fingerprint density at radius 3 is 2.89 bits per heavy atom. The molecule has 1 N–H and O–H groups in total. The van der Waals surface area contributed by atoms with Gasteiger partial charge in [-0.1, -0.05) is 0 Å². The van der Waals surface area contributed by atoms with Crippen LogP contribution in [0.25, 0.3) is 0 Å². The summed E-state index contributed by atoms with van der Waals surface area (Å²) in [5.41, 5.74) is 0.330. The van der Waals surface area contributed by atoms with Crippen molar-refractivity contribution in [3.05, 3.63) is 33.4 Å². The molecule has 0 aromatic carbocycles. The van der Waals surface area contributed by atoms with Gasteiger partial charge in [-0.3, -0.25) is 14.9 Å². The molecule has 2 amide bonds. The second-order valence-electron chi connectivity index (χ2n) is 3.87. The minimum atomic E-state index is -0.546. The van der Waals surface area contributed by atoms with Crippen molar-refractivity contribution >= 4 is 11.8 Å². The molecule has 1 aromatic rings. The molecule has 0 saturated heterocycles. The SMILES string of the molecule is CC#CCCc1cc(=O)oc2c1C(=O)NC(=O)C2. The summed E-state index contributed by atoms with van der Waals surface area (Å²) < 4.78 is 4.91. The first-order chi connectivity index (χ1) is 8.61. The second kappa shape index (κ2) is 4.88. The first kappa shape index (κ1) is 12.1. The van der Waals surface area contributed by atoms with Gasteiger partial charge in [0.1, 0.15) is 5.76 Å². The average Bonchev–Trinajstić information content (AvgIpc) is 2.27. The van der Waals surface area contributed by atoms with Crippen LogP contribution in [0.15, 0.2) is 15.3 Å². The highest BCUT2D eigenvalue weighted by molar-refractivity contribution is 6.09. The maximum Gasteiger partial charge on any atom is 0.336 e. The van der Waals surface area contributed by atoms with Gasteiger partial charge in [-0.2, -0.15) is 0 Å². The number of hydrogen-bond acceptors (Lipinski definition) is 4. The van der Waals surface area contributed by atoms with E-state index in [1.54, 1.807) is 6.92 Å². The molecule has 1 aliphatic heterocycles. The van der Waals surface area contributed by atoms with Gasteiger partial charge in [-0.05, 0) is 18.9 Å². The number of rotatable bonds is 2. The Kier molecular flexibility index (Phi) is 3.28. The number of nitrogens with one attached hydrogen (secondary N) is 1. The van der Waals surface area contributed by atoms with Gasteiger partial charge in [0.15, 0.2) is 0 Å². The van der Waals surface area contributed by atoms with Crippen LogP contribution < -0.4 is 10.9 Å². The Labute approximate surface area is 103 Å². The Morgan fingerprint density at radius 1 is 1.39 bits per heavy atom. The van der Waals surface area contributed by atoms with Crippen LogP contribution in [0.3, 0.4) is 0 Å². The average molecular weight is 245 g/mol. The van der Waals surface area contributed by atoms with E-state index in [9.17, 15) is 14.4 Å². The van der Waals surface area contributed by atoms with Crippen molar-refractivity contribution in [3.63, 3.8) is 0 Å². The lowest BCUT2D eigenvalue weighted by Gasteiger charge is -2.16. The molecule has 92 valence electrons. The fraction of sp³-hybridized carbons (Fsp3) is 0.308. The molecular formula is C13H11NO4. The number of aryl methyl sites for hydroxylation is 1. The Hall–Kier alpha value is -2.35. The lowest BCUT2D eigenvalue weighted by molar-refractivity contribution is -0.120. The summed E-state index contributed by atoms with van der Waals surface area (Å²) in [5.74, 6) is 4.79. The highest BCUT2D eigenvalue weighted by Crippen LogP contribution is 2.18. The number of fused-ring (bicyclic) bond motifs is 1. The van der Waals surface area contributed by atoms with Crippen LogP contribution in [0.2, 0.25) is 0 Å². The van der Waals surface area contributed by atoms with Gasteiger partial charge in [0.05, 0.1) is 12.0 Å². The fourth-order valence-corrected chi connectivity index (χ4v) is 1.89. The third-order valence-corrected chi connectivity index (χ3v) is 2.61. The highest BCUT2D eigenvalue weighted by atomic mass is 16.4. The van der Waals surface area contributed by atoms with Crippen LogP contribution in [-0.4, -0.2) is 11.8 Å². The van der Waals surface area contributed by atoms with Crippen molar-refractivity contribution in [2.24, 2.45) is 0 Å². The van der Waals surface area contributed by atoms with E-state index >= 15 is 0 Å². The lowest BCUT2D eigenvalue weighted by atomic mass is 9.98. The molecule has 0 fully saturated rings. The number of amides is 2. The number of carbonyl (C=O) groups is 2. The van der Waals surface area contributed by atoms with E-state index in [1.165, 1.54) is 6.07 Å². The molecule has 0 atom stereocenters. The van der Waals surface area contributed by atoms with Crippen molar-refractivity contribution in [1.29, 1.82) is 0 Å². The van der Waals surface area contributed by atoms with Crippen molar-refractivity contribution < 1.29 is 14.0 Å². The minimum Gasteiger partial charge on any atom is -0.426 e. The first-order valence-corrected chi connectivity index (χ1v) is 5.51. The molecular weight excluding hydrogens is 234 g/mol. The number of hydrogen-bond donors (Lipinski definition) is 1. The summed E-state index contributed by atoms with van der Waals surface area (Å²) in [4.78, 5) is 34.3. The normalized spacial score (nSPS) is 13.4. The zero-order valence-corrected chi connectivity index (χ0v) is 9.83. The molecule has 5 heteroatoms. The van der Waals surface area contributed by atoms with Crippen LogP contribution in [0, 0.1) is 11.8 Å². The molecule has 2 heterocycles. The smallest absolute Gasteiger partial charge is 0.336 e. The van der Waals surface area contributed by atoms with Gasteiger partial charge in [0.25, 0.3) is 5.91 Å². The standard InChI is InChI=1S/C13H11NO4/c1-2-3-4-5-8-6-11(16)18-9-7-10(15)14-13(17)12(8)9/h6H,4-5,7H2,1H3,(H,14,15,17). The van der Waals surface area contributed by atoms with Gasteiger partial charge in [-0.15, -0.1) is 11.8 Å². The van der Waals surface area contributed by atoms with Gasteiger partial charge >= 0.3 is 5.63 Å². The van der Waals surface area contributed by atoms with Crippen LogP contribution in [-0.2, 0) is 17.6 Å². The van der Waals surface area contributed by atoms with Crippen LogP contribution in [0.1, 0.15) is 35.0 Å². The topological polar surface area (TPSA) is 76.4 Å². The van der Waals surface area contributed by atoms with Crippen LogP contribution in [0.4, 0.5) is 0 Å². The molecule has 2 rings (SSSR count). The summed E-state index contributed by atoms with van der Waals surface area (Å²) in [5, 5.41) is 2.21. The van der Waals surface area contributed by atoms with Crippen molar-refractivity contribution in [1.82, 2.24) is 5.32 Å². The molecule has 1 aliphatic rings. The zero-order chi connectivity index (χ0) is 13.1. The zero-order valence-electron chi connectivity index (χ0n) is 9.83. The Balaban J connectivity index is 2.46. The maximum atomic E-state index is 11.7. The Bertz CT molecular complexity index is 631. The lowest BCUT2D eigenvalue weighted by Crippen LogP contribution is -2.38. The molecule has 5 nitrogen and oxygen atoms in total.